The van der Waals surface area contributed by atoms with E-state index >= 15 is 0 Å². The molecule has 0 spiro atoms. The molecule has 1 saturated carbocycles. The van der Waals surface area contributed by atoms with Crippen LogP contribution in [-0.2, 0) is 11.3 Å². The predicted molar refractivity (Wildman–Crippen MR) is 85.9 cm³/mol. The maximum atomic E-state index is 12.1. The van der Waals surface area contributed by atoms with Gasteiger partial charge in [-0.05, 0) is 55.2 Å². The van der Waals surface area contributed by atoms with Crippen LogP contribution in [0.3, 0.4) is 0 Å². The van der Waals surface area contributed by atoms with Crippen molar-refractivity contribution in [3.63, 3.8) is 0 Å². The fraction of sp³-hybridized carbons (Fsp3) is 0.400. The summed E-state index contributed by atoms with van der Waals surface area (Å²) in [5, 5.41) is 24.2. The van der Waals surface area contributed by atoms with E-state index in [1.54, 1.807) is 0 Å². The monoisotopic (exact) mass is 374 g/mol. The molecule has 0 aliphatic heterocycles. The van der Waals surface area contributed by atoms with Crippen LogP contribution in [0.1, 0.15) is 25.7 Å². The first-order valence-corrected chi connectivity index (χ1v) is 8.16. The second-order valence-electron chi connectivity index (χ2n) is 5.60. The summed E-state index contributed by atoms with van der Waals surface area (Å²) in [6.07, 6.45) is 3.32. The van der Waals surface area contributed by atoms with E-state index in [2.05, 4.69) is 42.7 Å². The largest absolute Gasteiger partial charge is 0.336 e. The Morgan fingerprint density at radius 3 is 2.70 bits per heavy atom. The van der Waals surface area contributed by atoms with Crippen molar-refractivity contribution in [2.24, 2.45) is 0 Å². The first kappa shape index (κ1) is 15.6. The third-order valence-electron chi connectivity index (χ3n) is 3.89. The first-order chi connectivity index (χ1) is 11.1. The Labute approximate surface area is 141 Å². The average molecular weight is 375 g/mol. The number of rotatable bonds is 4. The number of nitrogens with zero attached hydrogens (tertiary/aromatic N) is 5. The highest BCUT2D eigenvalue weighted by atomic mass is 79.9. The molecule has 118 valence electrons. The summed E-state index contributed by atoms with van der Waals surface area (Å²) in [6.45, 7) is -0.0487. The van der Waals surface area contributed by atoms with Crippen LogP contribution < -0.4 is 5.32 Å². The van der Waals surface area contributed by atoms with Crippen molar-refractivity contribution in [3.8, 4) is 17.5 Å². The molecule has 0 radical (unpaired) electrons. The van der Waals surface area contributed by atoms with E-state index in [-0.39, 0.29) is 12.5 Å². The molecule has 23 heavy (non-hydrogen) atoms. The SMILES string of the molecule is N#CC1(NC(=O)Cn2nnc(-c3ccc(Br)cc3)n2)CCCC1. The van der Waals surface area contributed by atoms with Gasteiger partial charge < -0.3 is 5.32 Å². The van der Waals surface area contributed by atoms with Crippen molar-refractivity contribution in [3.05, 3.63) is 28.7 Å². The molecule has 1 amide bonds. The zero-order chi connectivity index (χ0) is 16.3. The summed E-state index contributed by atoms with van der Waals surface area (Å²) in [4.78, 5) is 13.4. The summed E-state index contributed by atoms with van der Waals surface area (Å²) in [5.74, 6) is 0.189. The van der Waals surface area contributed by atoms with E-state index in [1.807, 2.05) is 24.3 Å². The van der Waals surface area contributed by atoms with E-state index in [0.717, 1.165) is 22.9 Å². The molecule has 0 saturated heterocycles. The highest BCUT2D eigenvalue weighted by Gasteiger charge is 2.35. The number of benzene rings is 1. The predicted octanol–water partition coefficient (Wildman–Crippen LogP) is 2.06. The maximum Gasteiger partial charge on any atom is 0.244 e. The van der Waals surface area contributed by atoms with Crippen molar-refractivity contribution in [1.29, 1.82) is 5.26 Å². The smallest absolute Gasteiger partial charge is 0.244 e. The zero-order valence-electron chi connectivity index (χ0n) is 12.4. The maximum absolute atomic E-state index is 12.1. The zero-order valence-corrected chi connectivity index (χ0v) is 14.0. The molecular weight excluding hydrogens is 360 g/mol. The molecule has 1 aliphatic carbocycles. The Bertz CT molecular complexity index is 742. The molecule has 8 heteroatoms. The first-order valence-electron chi connectivity index (χ1n) is 7.36. The number of aromatic nitrogens is 4. The molecule has 7 nitrogen and oxygen atoms in total. The van der Waals surface area contributed by atoms with Gasteiger partial charge in [-0.2, -0.15) is 10.1 Å². The van der Waals surface area contributed by atoms with Crippen LogP contribution in [0.25, 0.3) is 11.4 Å². The van der Waals surface area contributed by atoms with Gasteiger partial charge in [-0.25, -0.2) is 0 Å². The van der Waals surface area contributed by atoms with Gasteiger partial charge in [-0.3, -0.25) is 4.79 Å². The van der Waals surface area contributed by atoms with Crippen molar-refractivity contribution < 1.29 is 4.79 Å². The minimum atomic E-state index is -0.730. The molecule has 0 bridgehead atoms. The fourth-order valence-corrected chi connectivity index (χ4v) is 2.97. The van der Waals surface area contributed by atoms with Crippen LogP contribution in [0.15, 0.2) is 28.7 Å². The molecule has 1 aliphatic rings. The van der Waals surface area contributed by atoms with Gasteiger partial charge >= 0.3 is 0 Å². The van der Waals surface area contributed by atoms with E-state index in [4.69, 9.17) is 0 Å². The number of carbonyl (C=O) groups excluding carboxylic acids is 1. The molecule has 0 atom stereocenters. The Hall–Kier alpha value is -2.27. The Kier molecular flexibility index (Phi) is 4.39. The normalized spacial score (nSPS) is 16.0. The van der Waals surface area contributed by atoms with E-state index in [0.29, 0.717) is 18.7 Å². The summed E-state index contributed by atoms with van der Waals surface area (Å²) < 4.78 is 0.964. The van der Waals surface area contributed by atoms with Gasteiger partial charge in [0, 0.05) is 10.0 Å². The molecule has 1 aromatic heterocycles. The Morgan fingerprint density at radius 2 is 2.04 bits per heavy atom. The van der Waals surface area contributed by atoms with Crippen LogP contribution in [0.2, 0.25) is 0 Å². The summed E-state index contributed by atoms with van der Waals surface area (Å²) in [6, 6.07) is 9.74. The molecule has 1 fully saturated rings. The van der Waals surface area contributed by atoms with Crippen LogP contribution in [0.4, 0.5) is 0 Å². The van der Waals surface area contributed by atoms with Crippen LogP contribution in [0.5, 0.6) is 0 Å². The Morgan fingerprint density at radius 1 is 1.35 bits per heavy atom. The standard InChI is InChI=1S/C15H15BrN6O/c16-12-5-3-11(4-6-12)14-19-21-22(20-14)9-13(23)18-15(10-17)7-1-2-8-15/h3-6H,1-2,7-9H2,(H,18,23). The summed E-state index contributed by atoms with van der Waals surface area (Å²) in [5.41, 5.74) is 0.0933. The second-order valence-corrected chi connectivity index (χ2v) is 6.52. The third kappa shape index (κ3) is 3.56. The van der Waals surface area contributed by atoms with Gasteiger partial charge in [-0.1, -0.05) is 15.9 Å². The molecular formula is C15H15BrN6O. The number of carbonyl (C=O) groups is 1. The molecule has 2 aromatic rings. The Balaban J connectivity index is 1.66. The fourth-order valence-electron chi connectivity index (χ4n) is 2.70. The number of hydrogen-bond acceptors (Lipinski definition) is 5. The number of hydrogen-bond donors (Lipinski definition) is 1. The van der Waals surface area contributed by atoms with Crippen LogP contribution in [0, 0.1) is 11.3 Å². The van der Waals surface area contributed by atoms with E-state index in [9.17, 15) is 10.1 Å². The van der Waals surface area contributed by atoms with Gasteiger partial charge in [0.2, 0.25) is 11.7 Å². The number of halogens is 1. The van der Waals surface area contributed by atoms with Crippen LogP contribution in [-0.4, -0.2) is 31.7 Å². The van der Waals surface area contributed by atoms with Crippen molar-refractivity contribution in [2.75, 3.05) is 0 Å². The molecule has 1 N–H and O–H groups in total. The van der Waals surface area contributed by atoms with Crippen molar-refractivity contribution in [2.45, 2.75) is 37.8 Å². The summed E-state index contributed by atoms with van der Waals surface area (Å²) in [7, 11) is 0. The van der Waals surface area contributed by atoms with Gasteiger partial charge in [-0.15, -0.1) is 10.2 Å². The minimum Gasteiger partial charge on any atom is -0.336 e. The van der Waals surface area contributed by atoms with E-state index in [1.165, 1.54) is 4.80 Å². The number of nitriles is 1. The lowest BCUT2D eigenvalue weighted by molar-refractivity contribution is -0.123. The minimum absolute atomic E-state index is 0.0487. The quantitative estimate of drug-likeness (QED) is 0.882. The van der Waals surface area contributed by atoms with Gasteiger partial charge in [0.1, 0.15) is 12.1 Å². The van der Waals surface area contributed by atoms with Gasteiger partial charge in [0.25, 0.3) is 0 Å². The van der Waals surface area contributed by atoms with Crippen molar-refractivity contribution in [1.82, 2.24) is 25.5 Å². The average Bonchev–Trinajstić information content (AvgIpc) is 3.18. The third-order valence-corrected chi connectivity index (χ3v) is 4.42. The lowest BCUT2D eigenvalue weighted by Gasteiger charge is -2.21. The lowest BCUT2D eigenvalue weighted by atomic mass is 10.00. The highest BCUT2D eigenvalue weighted by molar-refractivity contribution is 9.10. The topological polar surface area (TPSA) is 96.5 Å². The van der Waals surface area contributed by atoms with Crippen molar-refractivity contribution >= 4 is 21.8 Å². The molecule has 0 unspecified atom stereocenters. The summed E-state index contributed by atoms with van der Waals surface area (Å²) >= 11 is 3.37. The van der Waals surface area contributed by atoms with Gasteiger partial charge in [0.05, 0.1) is 6.07 Å². The molecule has 3 rings (SSSR count). The second kappa shape index (κ2) is 6.46. The molecule has 1 heterocycles. The highest BCUT2D eigenvalue weighted by Crippen LogP contribution is 2.28. The lowest BCUT2D eigenvalue weighted by Crippen LogP contribution is -2.46. The van der Waals surface area contributed by atoms with E-state index < -0.39 is 5.54 Å². The van der Waals surface area contributed by atoms with Crippen LogP contribution >= 0.6 is 15.9 Å². The number of tetrazole rings is 1. The number of amides is 1. The number of nitrogens with one attached hydrogen (secondary N) is 1. The molecule has 1 aromatic carbocycles. The van der Waals surface area contributed by atoms with Gasteiger partial charge in [0.15, 0.2) is 0 Å².